The van der Waals surface area contributed by atoms with Crippen LogP contribution in [0, 0.1) is 0 Å². The molecule has 7 heteroatoms. The summed E-state index contributed by atoms with van der Waals surface area (Å²) in [6.45, 7) is 0. The summed E-state index contributed by atoms with van der Waals surface area (Å²) in [6.07, 6.45) is 0. The Morgan fingerprint density at radius 2 is 1.81 bits per heavy atom. The highest BCUT2D eigenvalue weighted by molar-refractivity contribution is 5.96. The molecule has 0 unspecified atom stereocenters. The van der Waals surface area contributed by atoms with Crippen molar-refractivity contribution in [1.29, 1.82) is 0 Å². The fourth-order valence-corrected chi connectivity index (χ4v) is 1.34. The maximum atomic E-state index is 11.0. The molecule has 5 N–H and O–H groups in total. The van der Waals surface area contributed by atoms with E-state index in [0.717, 1.165) is 6.07 Å². The lowest BCUT2D eigenvalue weighted by atomic mass is 10.1. The molecule has 0 spiro atoms. The van der Waals surface area contributed by atoms with Crippen LogP contribution in [-0.4, -0.2) is 31.5 Å². The van der Waals surface area contributed by atoms with E-state index >= 15 is 0 Å². The first-order chi connectivity index (χ1) is 7.58. The number of hydrogen-bond acceptors (Lipinski definition) is 5. The predicted octanol–water partition coefficient (Wildman–Crippen LogP) is -0.0182. The number of amides is 1. The molecule has 7 nitrogen and oxygen atoms in total. The molecule has 1 aromatic heterocycles. The number of nitrogens with zero attached hydrogens (tertiary/aromatic N) is 2. The summed E-state index contributed by atoms with van der Waals surface area (Å²) in [5, 5.41) is 28.1. The molecular weight excluding hydrogens is 212 g/mol. The molecular formula is C9H8N4O3. The van der Waals surface area contributed by atoms with Crippen molar-refractivity contribution >= 4 is 5.91 Å². The number of benzene rings is 1. The third-order valence-electron chi connectivity index (χ3n) is 1.96. The number of aromatic amines is 1. The van der Waals surface area contributed by atoms with Crippen molar-refractivity contribution in [3.63, 3.8) is 0 Å². The summed E-state index contributed by atoms with van der Waals surface area (Å²) in [7, 11) is 0. The lowest BCUT2D eigenvalue weighted by Crippen LogP contribution is -2.12. The van der Waals surface area contributed by atoms with Gasteiger partial charge in [-0.15, -0.1) is 0 Å². The molecule has 2 rings (SSSR count). The van der Waals surface area contributed by atoms with E-state index in [-0.39, 0.29) is 22.9 Å². The molecule has 2 aromatic rings. The number of carbonyl (C=O) groups excluding carboxylic acids is 1. The zero-order chi connectivity index (χ0) is 11.7. The Morgan fingerprint density at radius 3 is 2.38 bits per heavy atom. The molecule has 1 amide bonds. The van der Waals surface area contributed by atoms with Gasteiger partial charge in [-0.25, -0.2) is 0 Å². The zero-order valence-corrected chi connectivity index (χ0v) is 8.01. The lowest BCUT2D eigenvalue weighted by Gasteiger charge is -2.00. The highest BCUT2D eigenvalue weighted by Gasteiger charge is 2.16. The smallest absolute Gasteiger partial charge is 0.271 e. The molecule has 0 bridgehead atoms. The molecule has 0 radical (unpaired) electrons. The minimum atomic E-state index is -0.744. The number of H-pyrrole nitrogens is 1. The van der Waals surface area contributed by atoms with Crippen LogP contribution in [0.1, 0.15) is 10.5 Å². The van der Waals surface area contributed by atoms with Crippen LogP contribution in [0.4, 0.5) is 0 Å². The van der Waals surface area contributed by atoms with Crippen molar-refractivity contribution in [2.24, 2.45) is 5.73 Å². The second-order valence-electron chi connectivity index (χ2n) is 3.12. The molecule has 0 atom stereocenters. The largest absolute Gasteiger partial charge is 0.508 e. The second kappa shape index (κ2) is 3.54. The van der Waals surface area contributed by atoms with Crippen LogP contribution in [0.5, 0.6) is 11.5 Å². The van der Waals surface area contributed by atoms with E-state index in [0.29, 0.717) is 5.56 Å². The van der Waals surface area contributed by atoms with Crippen molar-refractivity contribution in [2.45, 2.75) is 0 Å². The van der Waals surface area contributed by atoms with Crippen molar-refractivity contribution in [2.75, 3.05) is 0 Å². The summed E-state index contributed by atoms with van der Waals surface area (Å²) in [4.78, 5) is 11.0. The first-order valence-corrected chi connectivity index (χ1v) is 4.32. The summed E-state index contributed by atoms with van der Waals surface area (Å²) in [6, 6.07) is 3.83. The van der Waals surface area contributed by atoms with E-state index in [4.69, 9.17) is 5.73 Å². The Hall–Kier alpha value is -2.57. The van der Waals surface area contributed by atoms with E-state index < -0.39 is 5.91 Å². The highest BCUT2D eigenvalue weighted by atomic mass is 16.3. The van der Waals surface area contributed by atoms with Gasteiger partial charge in [0.25, 0.3) is 5.91 Å². The maximum absolute atomic E-state index is 11.0. The molecule has 1 heterocycles. The fourth-order valence-electron chi connectivity index (χ4n) is 1.34. The van der Waals surface area contributed by atoms with Gasteiger partial charge in [-0.3, -0.25) is 4.79 Å². The molecule has 1 aromatic carbocycles. The van der Waals surface area contributed by atoms with E-state index in [1.165, 1.54) is 12.1 Å². The average molecular weight is 220 g/mol. The Balaban J connectivity index is 2.58. The predicted molar refractivity (Wildman–Crippen MR) is 53.7 cm³/mol. The SMILES string of the molecule is NC(=O)c1n[nH]nc1-c1cc(O)cc(O)c1. The normalized spacial score (nSPS) is 10.2. The monoisotopic (exact) mass is 220 g/mol. The molecule has 0 aliphatic rings. The van der Waals surface area contributed by atoms with Crippen LogP contribution in [0.25, 0.3) is 11.3 Å². The number of phenolic OH excluding ortho intramolecular Hbond substituents is 2. The lowest BCUT2D eigenvalue weighted by molar-refractivity contribution is 0.0996. The van der Waals surface area contributed by atoms with E-state index in [1.54, 1.807) is 0 Å². The highest BCUT2D eigenvalue weighted by Crippen LogP contribution is 2.28. The van der Waals surface area contributed by atoms with Crippen LogP contribution in [-0.2, 0) is 0 Å². The number of primary amides is 1. The van der Waals surface area contributed by atoms with Gasteiger partial charge in [0.15, 0.2) is 5.69 Å². The van der Waals surface area contributed by atoms with Gasteiger partial charge in [-0.1, -0.05) is 0 Å². The summed E-state index contributed by atoms with van der Waals surface area (Å²) in [5.41, 5.74) is 5.56. The first kappa shape index (κ1) is 9.97. The van der Waals surface area contributed by atoms with Gasteiger partial charge in [0.1, 0.15) is 17.2 Å². The number of phenols is 2. The second-order valence-corrected chi connectivity index (χ2v) is 3.12. The minimum absolute atomic E-state index is 0.0509. The summed E-state index contributed by atoms with van der Waals surface area (Å²) >= 11 is 0. The standard InChI is InChI=1S/C9H8N4O3/c10-9(16)8-7(11-13-12-8)4-1-5(14)3-6(15)2-4/h1-3,14-15H,(H2,10,16)(H,11,12,13). The number of rotatable bonds is 2. The quantitative estimate of drug-likeness (QED) is 0.566. The number of aromatic hydroxyl groups is 2. The van der Waals surface area contributed by atoms with E-state index in [2.05, 4.69) is 15.4 Å². The summed E-state index contributed by atoms with van der Waals surface area (Å²) in [5.74, 6) is -1.03. The van der Waals surface area contributed by atoms with Gasteiger partial charge in [-0.05, 0) is 12.1 Å². The van der Waals surface area contributed by atoms with Gasteiger partial charge >= 0.3 is 0 Å². The molecule has 0 saturated carbocycles. The Morgan fingerprint density at radius 1 is 1.19 bits per heavy atom. The Kier molecular flexibility index (Phi) is 2.20. The molecule has 0 fully saturated rings. The third kappa shape index (κ3) is 1.65. The maximum Gasteiger partial charge on any atom is 0.271 e. The molecule has 0 aliphatic carbocycles. The van der Waals surface area contributed by atoms with Crippen molar-refractivity contribution < 1.29 is 15.0 Å². The van der Waals surface area contributed by atoms with Crippen LogP contribution in [0.15, 0.2) is 18.2 Å². The van der Waals surface area contributed by atoms with Gasteiger partial charge < -0.3 is 15.9 Å². The summed E-state index contributed by atoms with van der Waals surface area (Å²) < 4.78 is 0. The van der Waals surface area contributed by atoms with Gasteiger partial charge in [0, 0.05) is 11.6 Å². The number of aromatic nitrogens is 3. The number of hydrogen-bond donors (Lipinski definition) is 4. The van der Waals surface area contributed by atoms with E-state index in [1.807, 2.05) is 0 Å². The Bertz CT molecular complexity index is 529. The van der Waals surface area contributed by atoms with E-state index in [9.17, 15) is 15.0 Å². The zero-order valence-electron chi connectivity index (χ0n) is 8.01. The number of nitrogens with two attached hydrogens (primary N) is 1. The van der Waals surface area contributed by atoms with Gasteiger partial charge in [0.2, 0.25) is 0 Å². The molecule has 82 valence electrons. The third-order valence-corrected chi connectivity index (χ3v) is 1.96. The number of nitrogens with one attached hydrogen (secondary N) is 1. The number of carbonyl (C=O) groups is 1. The van der Waals surface area contributed by atoms with Crippen LogP contribution >= 0.6 is 0 Å². The minimum Gasteiger partial charge on any atom is -0.508 e. The van der Waals surface area contributed by atoms with Crippen molar-refractivity contribution in [3.05, 3.63) is 23.9 Å². The van der Waals surface area contributed by atoms with Crippen molar-refractivity contribution in [3.8, 4) is 22.8 Å². The Labute approximate surface area is 89.5 Å². The van der Waals surface area contributed by atoms with Gasteiger partial charge in [-0.2, -0.15) is 15.4 Å². The van der Waals surface area contributed by atoms with Crippen LogP contribution in [0.3, 0.4) is 0 Å². The molecule has 0 saturated heterocycles. The first-order valence-electron chi connectivity index (χ1n) is 4.32. The average Bonchev–Trinajstić information content (AvgIpc) is 2.63. The topological polar surface area (TPSA) is 125 Å². The van der Waals surface area contributed by atoms with Crippen LogP contribution < -0.4 is 5.73 Å². The molecule has 16 heavy (non-hydrogen) atoms. The van der Waals surface area contributed by atoms with Gasteiger partial charge in [0.05, 0.1) is 0 Å². The molecule has 0 aliphatic heterocycles. The van der Waals surface area contributed by atoms with Crippen LogP contribution in [0.2, 0.25) is 0 Å². The van der Waals surface area contributed by atoms with Crippen molar-refractivity contribution in [1.82, 2.24) is 15.4 Å². The fraction of sp³-hybridized carbons (Fsp3) is 0.